The summed E-state index contributed by atoms with van der Waals surface area (Å²) in [6.45, 7) is -0.326. The van der Waals surface area contributed by atoms with Gasteiger partial charge in [0, 0.05) is 4.92 Å². The minimum absolute atomic E-state index is 0.0235. The lowest BCUT2D eigenvalue weighted by molar-refractivity contribution is -0.462. The topological polar surface area (TPSA) is 75.7 Å². The summed E-state index contributed by atoms with van der Waals surface area (Å²) in [7, 11) is 0. The molecule has 0 aliphatic rings. The first kappa shape index (κ1) is 14.6. The molecule has 1 rings (SSSR count). The monoisotopic (exact) mass is 272 g/mol. The number of hydrogen-bond acceptors (Lipinski definition) is 5. The Bertz CT molecular complexity index is 436. The lowest BCUT2D eigenvalue weighted by atomic mass is 10.1. The molecule has 0 amide bonds. The number of halogens is 1. The molecule has 1 N–H and O–H groups in total. The van der Waals surface area contributed by atoms with Crippen LogP contribution in [0.2, 0.25) is 0 Å². The zero-order chi connectivity index (χ0) is 13.5. The molecule has 0 aliphatic heterocycles. The summed E-state index contributed by atoms with van der Waals surface area (Å²) in [6.07, 6.45) is 0.798. The van der Waals surface area contributed by atoms with Crippen LogP contribution in [0.25, 0.3) is 0 Å². The number of rotatable bonds is 5. The van der Waals surface area contributed by atoms with E-state index in [0.717, 1.165) is 0 Å². The maximum atomic E-state index is 12.7. The molecule has 1 aromatic rings. The van der Waals surface area contributed by atoms with Crippen LogP contribution in [0, 0.1) is 15.9 Å². The molecule has 0 heterocycles. The van der Waals surface area contributed by atoms with Crippen LogP contribution < -0.4 is 0 Å². The molecule has 1 aromatic carbocycles. The number of thioether (sulfide) groups is 1. The Labute approximate surface area is 108 Å². The quantitative estimate of drug-likeness (QED) is 0.384. The van der Waals surface area contributed by atoms with Crippen molar-refractivity contribution in [1.29, 1.82) is 0 Å². The number of aliphatic imine (C=N–C) groups is 1. The Morgan fingerprint density at radius 1 is 1.56 bits per heavy atom. The molecule has 5 nitrogen and oxygen atoms in total. The summed E-state index contributed by atoms with van der Waals surface area (Å²) < 4.78 is 12.7. The van der Waals surface area contributed by atoms with Crippen molar-refractivity contribution < 1.29 is 14.4 Å². The van der Waals surface area contributed by atoms with E-state index in [1.54, 1.807) is 6.26 Å². The molecule has 0 aliphatic carbocycles. The van der Waals surface area contributed by atoms with E-state index in [4.69, 9.17) is 0 Å². The minimum Gasteiger partial charge on any atom is -0.386 e. The fraction of sp³-hybridized carbons (Fsp3) is 0.364. The van der Waals surface area contributed by atoms with Crippen molar-refractivity contribution in [3.05, 3.63) is 45.8 Å². The maximum Gasteiger partial charge on any atom is 0.250 e. The van der Waals surface area contributed by atoms with Gasteiger partial charge in [-0.05, 0) is 24.0 Å². The summed E-state index contributed by atoms with van der Waals surface area (Å²) in [5.41, 5.74) is 0.529. The SMILES string of the molecule is CSC(C[N+](=O)[O-])=NCC(O)c1ccc(F)cc1. The number of nitro groups is 1. The van der Waals surface area contributed by atoms with Gasteiger partial charge in [-0.15, -0.1) is 11.8 Å². The highest BCUT2D eigenvalue weighted by molar-refractivity contribution is 8.13. The molecule has 0 spiro atoms. The van der Waals surface area contributed by atoms with Gasteiger partial charge in [-0.3, -0.25) is 15.1 Å². The zero-order valence-electron chi connectivity index (χ0n) is 9.75. The molecule has 0 bridgehead atoms. The first-order valence-corrected chi connectivity index (χ1v) is 6.38. The highest BCUT2D eigenvalue weighted by Gasteiger charge is 2.10. The summed E-state index contributed by atoms with van der Waals surface area (Å²) in [4.78, 5) is 13.8. The molecule has 1 unspecified atom stereocenters. The van der Waals surface area contributed by atoms with E-state index in [0.29, 0.717) is 10.6 Å². The summed E-state index contributed by atoms with van der Waals surface area (Å²) >= 11 is 1.18. The van der Waals surface area contributed by atoms with Gasteiger partial charge in [-0.1, -0.05) is 12.1 Å². The Balaban J connectivity index is 2.63. The summed E-state index contributed by atoms with van der Waals surface area (Å²) in [6, 6.07) is 5.41. The molecular formula is C11H13FN2O3S. The number of nitrogens with zero attached hydrogens (tertiary/aromatic N) is 2. The Hall–Kier alpha value is -1.47. The molecule has 98 valence electrons. The van der Waals surface area contributed by atoms with Gasteiger partial charge in [0.05, 0.1) is 12.6 Å². The second-order valence-electron chi connectivity index (χ2n) is 3.50. The molecule has 0 radical (unpaired) electrons. The third-order valence-corrected chi connectivity index (χ3v) is 2.92. The molecule has 7 heteroatoms. The van der Waals surface area contributed by atoms with Gasteiger partial charge in [-0.2, -0.15) is 0 Å². The second-order valence-corrected chi connectivity index (χ2v) is 4.38. The number of benzene rings is 1. The van der Waals surface area contributed by atoms with E-state index in [9.17, 15) is 19.6 Å². The maximum absolute atomic E-state index is 12.7. The van der Waals surface area contributed by atoms with Gasteiger partial charge in [0.1, 0.15) is 10.9 Å². The highest BCUT2D eigenvalue weighted by atomic mass is 32.2. The molecule has 0 fully saturated rings. The van der Waals surface area contributed by atoms with E-state index in [2.05, 4.69) is 4.99 Å². The third kappa shape index (κ3) is 4.80. The summed E-state index contributed by atoms with van der Waals surface area (Å²) in [5, 5.41) is 20.5. The van der Waals surface area contributed by atoms with Crippen molar-refractivity contribution in [2.45, 2.75) is 6.10 Å². The van der Waals surface area contributed by atoms with Crippen LogP contribution in [0.15, 0.2) is 29.3 Å². The Morgan fingerprint density at radius 2 is 2.17 bits per heavy atom. The molecule has 18 heavy (non-hydrogen) atoms. The Morgan fingerprint density at radius 3 is 2.67 bits per heavy atom. The van der Waals surface area contributed by atoms with Crippen LogP contribution in [0.1, 0.15) is 11.7 Å². The average Bonchev–Trinajstić information content (AvgIpc) is 2.34. The average molecular weight is 272 g/mol. The minimum atomic E-state index is -0.889. The zero-order valence-corrected chi connectivity index (χ0v) is 10.6. The summed E-state index contributed by atoms with van der Waals surface area (Å²) in [5.74, 6) is -0.382. The highest BCUT2D eigenvalue weighted by Crippen LogP contribution is 2.14. The van der Waals surface area contributed by atoms with Gasteiger partial charge in [-0.25, -0.2) is 4.39 Å². The van der Waals surface area contributed by atoms with E-state index < -0.39 is 11.0 Å². The smallest absolute Gasteiger partial charge is 0.250 e. The van der Waals surface area contributed by atoms with E-state index in [1.807, 2.05) is 0 Å². The number of aliphatic hydroxyl groups excluding tert-OH is 1. The van der Waals surface area contributed by atoms with E-state index in [-0.39, 0.29) is 18.9 Å². The fourth-order valence-electron chi connectivity index (χ4n) is 1.27. The van der Waals surface area contributed by atoms with Gasteiger partial charge in [0.25, 0.3) is 6.54 Å². The van der Waals surface area contributed by atoms with E-state index >= 15 is 0 Å². The van der Waals surface area contributed by atoms with Crippen molar-refractivity contribution in [2.24, 2.45) is 4.99 Å². The predicted octanol–water partition coefficient (Wildman–Crippen LogP) is 1.90. The molecule has 1 atom stereocenters. The number of aliphatic hydroxyl groups is 1. The van der Waals surface area contributed by atoms with Gasteiger partial charge < -0.3 is 5.11 Å². The van der Waals surface area contributed by atoms with Crippen LogP contribution in [-0.2, 0) is 0 Å². The molecule has 0 aromatic heterocycles. The van der Waals surface area contributed by atoms with Crippen LogP contribution in [0.3, 0.4) is 0 Å². The molecular weight excluding hydrogens is 259 g/mol. The van der Waals surface area contributed by atoms with Crippen LogP contribution in [0.5, 0.6) is 0 Å². The van der Waals surface area contributed by atoms with Gasteiger partial charge >= 0.3 is 0 Å². The van der Waals surface area contributed by atoms with Crippen molar-refractivity contribution >= 4 is 16.8 Å². The lowest BCUT2D eigenvalue weighted by Gasteiger charge is -2.08. The van der Waals surface area contributed by atoms with Gasteiger partial charge in [0.2, 0.25) is 0 Å². The van der Waals surface area contributed by atoms with Crippen LogP contribution in [0.4, 0.5) is 4.39 Å². The second kappa shape index (κ2) is 7.07. The fourth-order valence-corrected chi connectivity index (χ4v) is 1.71. The van der Waals surface area contributed by atoms with Crippen molar-refractivity contribution in [3.63, 3.8) is 0 Å². The van der Waals surface area contributed by atoms with Crippen LogP contribution >= 0.6 is 11.8 Å². The molecule has 0 saturated carbocycles. The first-order valence-electron chi connectivity index (χ1n) is 5.15. The number of hydrogen-bond donors (Lipinski definition) is 1. The van der Waals surface area contributed by atoms with Crippen molar-refractivity contribution in [3.8, 4) is 0 Å². The van der Waals surface area contributed by atoms with Crippen molar-refractivity contribution in [1.82, 2.24) is 0 Å². The molecule has 0 saturated heterocycles. The third-order valence-electron chi connectivity index (χ3n) is 2.20. The normalized spacial score (nSPS) is 13.4. The largest absolute Gasteiger partial charge is 0.386 e. The lowest BCUT2D eigenvalue weighted by Crippen LogP contribution is -2.12. The predicted molar refractivity (Wildman–Crippen MR) is 69.0 cm³/mol. The van der Waals surface area contributed by atoms with Crippen molar-refractivity contribution in [2.75, 3.05) is 19.3 Å². The van der Waals surface area contributed by atoms with Crippen LogP contribution in [-0.4, -0.2) is 34.4 Å². The first-order chi connectivity index (χ1) is 8.52. The standard InChI is InChI=1S/C11H13FN2O3S/c1-18-11(7-14(16)17)13-6-10(15)8-2-4-9(12)5-3-8/h2-5,10,15H,6-7H2,1H3. The van der Waals surface area contributed by atoms with E-state index in [1.165, 1.54) is 36.0 Å². The van der Waals surface area contributed by atoms with Gasteiger partial charge in [0.15, 0.2) is 0 Å². The Kier molecular flexibility index (Phi) is 5.73.